The summed E-state index contributed by atoms with van der Waals surface area (Å²) in [4.78, 5) is 39.8. The van der Waals surface area contributed by atoms with Crippen molar-refractivity contribution >= 4 is 17.9 Å². The molecule has 2 rings (SSSR count). The van der Waals surface area contributed by atoms with E-state index in [0.29, 0.717) is 58.8 Å². The van der Waals surface area contributed by atoms with Crippen LogP contribution in [-0.2, 0) is 19.1 Å². The summed E-state index contributed by atoms with van der Waals surface area (Å²) in [5, 5.41) is 2.75. The molecule has 0 aromatic heterocycles. The number of nitrogens with zero attached hydrogens (tertiary/aromatic N) is 2. The number of ether oxygens (including phenoxy) is 2. The molecular formula is C15H25N3O5. The Morgan fingerprint density at radius 1 is 1.09 bits per heavy atom. The second-order valence-electron chi connectivity index (χ2n) is 5.81. The molecule has 8 nitrogen and oxygen atoms in total. The first-order valence-corrected chi connectivity index (χ1v) is 8.03. The number of carbonyl (C=O) groups is 3. The lowest BCUT2D eigenvalue weighted by molar-refractivity contribution is -0.145. The number of hydrogen-bond donors (Lipinski definition) is 1. The van der Waals surface area contributed by atoms with E-state index in [0.717, 1.165) is 0 Å². The van der Waals surface area contributed by atoms with Crippen molar-refractivity contribution in [2.45, 2.75) is 19.8 Å². The zero-order valence-electron chi connectivity index (χ0n) is 13.8. The van der Waals surface area contributed by atoms with E-state index in [2.05, 4.69) is 5.32 Å². The summed E-state index contributed by atoms with van der Waals surface area (Å²) in [6.45, 7) is 4.67. The first-order chi connectivity index (χ1) is 11.0. The molecule has 2 fully saturated rings. The van der Waals surface area contributed by atoms with Gasteiger partial charge in [0.15, 0.2) is 0 Å². The van der Waals surface area contributed by atoms with Crippen LogP contribution in [-0.4, -0.2) is 80.8 Å². The molecule has 0 bridgehead atoms. The molecule has 0 spiro atoms. The maximum atomic E-state index is 12.7. The summed E-state index contributed by atoms with van der Waals surface area (Å²) in [5.41, 5.74) is -0.903. The molecule has 130 valence electrons. The highest BCUT2D eigenvalue weighted by Gasteiger charge is 2.58. The van der Waals surface area contributed by atoms with E-state index in [1.807, 2.05) is 0 Å². The van der Waals surface area contributed by atoms with Crippen LogP contribution in [0.3, 0.4) is 0 Å². The first kappa shape index (κ1) is 17.5. The average Bonchev–Trinajstić information content (AvgIpc) is 3.36. The fraction of sp³-hybridized carbons (Fsp3) is 0.800. The van der Waals surface area contributed by atoms with Gasteiger partial charge in [-0.05, 0) is 19.8 Å². The van der Waals surface area contributed by atoms with Crippen molar-refractivity contribution in [2.24, 2.45) is 5.41 Å². The maximum absolute atomic E-state index is 12.7. The molecular weight excluding hydrogens is 302 g/mol. The molecule has 1 N–H and O–H groups in total. The molecule has 1 saturated heterocycles. The Kier molecular flexibility index (Phi) is 5.81. The summed E-state index contributed by atoms with van der Waals surface area (Å²) in [7, 11) is 1.56. The first-order valence-electron chi connectivity index (χ1n) is 8.03. The van der Waals surface area contributed by atoms with Crippen molar-refractivity contribution in [3.63, 3.8) is 0 Å². The van der Waals surface area contributed by atoms with Crippen molar-refractivity contribution < 1.29 is 23.9 Å². The minimum Gasteiger partial charge on any atom is -0.450 e. The van der Waals surface area contributed by atoms with Crippen molar-refractivity contribution in [1.82, 2.24) is 15.1 Å². The molecule has 2 aliphatic rings. The molecule has 0 atom stereocenters. The zero-order valence-corrected chi connectivity index (χ0v) is 13.8. The van der Waals surface area contributed by atoms with Crippen LogP contribution in [0, 0.1) is 5.41 Å². The Morgan fingerprint density at radius 3 is 2.22 bits per heavy atom. The predicted molar refractivity (Wildman–Crippen MR) is 81.7 cm³/mol. The summed E-state index contributed by atoms with van der Waals surface area (Å²) < 4.78 is 9.85. The largest absolute Gasteiger partial charge is 0.450 e. The molecule has 1 aliphatic heterocycles. The smallest absolute Gasteiger partial charge is 0.409 e. The molecule has 23 heavy (non-hydrogen) atoms. The number of carbonyl (C=O) groups excluding carboxylic acids is 3. The Morgan fingerprint density at radius 2 is 1.70 bits per heavy atom. The Hall–Kier alpha value is -1.83. The molecule has 0 radical (unpaired) electrons. The third-order valence-corrected chi connectivity index (χ3v) is 4.28. The molecule has 0 aromatic carbocycles. The van der Waals surface area contributed by atoms with Crippen molar-refractivity contribution in [3.8, 4) is 0 Å². The van der Waals surface area contributed by atoms with Crippen LogP contribution in [0.15, 0.2) is 0 Å². The molecule has 1 aliphatic carbocycles. The quantitative estimate of drug-likeness (QED) is 0.540. The fourth-order valence-electron chi connectivity index (χ4n) is 2.71. The van der Waals surface area contributed by atoms with Crippen LogP contribution >= 0.6 is 0 Å². The standard InChI is InChI=1S/C15H25N3O5/c1-3-23-14(21)18-9-7-17(8-10-18)13(20)15(4-5-15)12(19)16-6-11-22-2/h3-11H2,1-2H3,(H,16,19). The van der Waals surface area contributed by atoms with Crippen molar-refractivity contribution in [3.05, 3.63) is 0 Å². The van der Waals surface area contributed by atoms with Gasteiger partial charge in [0, 0.05) is 39.8 Å². The summed E-state index contributed by atoms with van der Waals surface area (Å²) in [6.07, 6.45) is 0.823. The highest BCUT2D eigenvalue weighted by atomic mass is 16.6. The molecule has 0 unspecified atom stereocenters. The monoisotopic (exact) mass is 327 g/mol. The SMILES string of the molecule is CCOC(=O)N1CCN(C(=O)C2(C(=O)NCCOC)CC2)CC1. The second kappa shape index (κ2) is 7.63. The van der Waals surface area contributed by atoms with Crippen LogP contribution in [0.25, 0.3) is 0 Å². The minimum absolute atomic E-state index is 0.129. The van der Waals surface area contributed by atoms with Gasteiger partial charge in [0.1, 0.15) is 5.41 Å². The highest BCUT2D eigenvalue weighted by molar-refractivity contribution is 6.07. The van der Waals surface area contributed by atoms with Crippen LogP contribution in [0.5, 0.6) is 0 Å². The second-order valence-corrected chi connectivity index (χ2v) is 5.81. The molecule has 0 aromatic rings. The van der Waals surface area contributed by atoms with Gasteiger partial charge in [-0.1, -0.05) is 0 Å². The van der Waals surface area contributed by atoms with E-state index in [9.17, 15) is 14.4 Å². The summed E-state index contributed by atoms with van der Waals surface area (Å²) in [6, 6.07) is 0. The number of piperazine rings is 1. The maximum Gasteiger partial charge on any atom is 0.409 e. The molecule has 1 heterocycles. The zero-order chi connectivity index (χ0) is 16.9. The predicted octanol–water partition coefficient (Wildman–Crippen LogP) is -0.170. The van der Waals surface area contributed by atoms with Gasteiger partial charge in [0.2, 0.25) is 11.8 Å². The van der Waals surface area contributed by atoms with Gasteiger partial charge in [-0.15, -0.1) is 0 Å². The van der Waals surface area contributed by atoms with Crippen molar-refractivity contribution in [1.29, 1.82) is 0 Å². The van der Waals surface area contributed by atoms with Crippen LogP contribution in [0.2, 0.25) is 0 Å². The Labute approximate surface area is 136 Å². The lowest BCUT2D eigenvalue weighted by Gasteiger charge is -2.35. The number of rotatable bonds is 6. The third-order valence-electron chi connectivity index (χ3n) is 4.28. The van der Waals surface area contributed by atoms with Gasteiger partial charge < -0.3 is 24.6 Å². The van der Waals surface area contributed by atoms with Crippen molar-refractivity contribution in [2.75, 3.05) is 53.0 Å². The number of amides is 3. The van der Waals surface area contributed by atoms with E-state index in [1.165, 1.54) is 0 Å². The minimum atomic E-state index is -0.903. The number of hydrogen-bond acceptors (Lipinski definition) is 5. The van der Waals surface area contributed by atoms with E-state index < -0.39 is 5.41 Å². The van der Waals surface area contributed by atoms with Crippen LogP contribution in [0.4, 0.5) is 4.79 Å². The van der Waals surface area contributed by atoms with E-state index >= 15 is 0 Å². The fourth-order valence-corrected chi connectivity index (χ4v) is 2.71. The van der Waals surface area contributed by atoms with Crippen LogP contribution < -0.4 is 5.32 Å². The molecule has 1 saturated carbocycles. The Bertz CT molecular complexity index is 456. The lowest BCUT2D eigenvalue weighted by Crippen LogP contribution is -2.54. The average molecular weight is 327 g/mol. The van der Waals surface area contributed by atoms with Gasteiger partial charge in [-0.3, -0.25) is 9.59 Å². The summed E-state index contributed by atoms with van der Waals surface area (Å²) in [5.74, 6) is -0.344. The van der Waals surface area contributed by atoms with Crippen LogP contribution in [0.1, 0.15) is 19.8 Å². The van der Waals surface area contributed by atoms with Gasteiger partial charge in [-0.25, -0.2) is 4.79 Å². The Balaban J connectivity index is 1.84. The molecule has 3 amide bonds. The third kappa shape index (κ3) is 3.93. The van der Waals surface area contributed by atoms with Gasteiger partial charge in [-0.2, -0.15) is 0 Å². The van der Waals surface area contributed by atoms with E-state index in [4.69, 9.17) is 9.47 Å². The van der Waals surface area contributed by atoms with E-state index in [-0.39, 0.29) is 17.9 Å². The normalized spacial score (nSPS) is 19.2. The number of nitrogens with one attached hydrogen (secondary N) is 1. The van der Waals surface area contributed by atoms with Gasteiger partial charge in [0.05, 0.1) is 13.2 Å². The van der Waals surface area contributed by atoms with Gasteiger partial charge >= 0.3 is 6.09 Å². The number of methoxy groups -OCH3 is 1. The highest BCUT2D eigenvalue weighted by Crippen LogP contribution is 2.47. The van der Waals surface area contributed by atoms with Gasteiger partial charge in [0.25, 0.3) is 0 Å². The molecule has 8 heteroatoms. The van der Waals surface area contributed by atoms with E-state index in [1.54, 1.807) is 23.8 Å². The lowest BCUT2D eigenvalue weighted by atomic mass is 10.0. The topological polar surface area (TPSA) is 88.2 Å². The summed E-state index contributed by atoms with van der Waals surface area (Å²) >= 11 is 0.